The first-order valence-electron chi connectivity index (χ1n) is 12.6. The number of nitrogens with zero attached hydrogens (tertiary/aromatic N) is 1. The molecule has 3 aromatic rings. The van der Waals surface area contributed by atoms with Gasteiger partial charge < -0.3 is 24.6 Å². The molecule has 1 saturated heterocycles. The molecule has 0 aliphatic carbocycles. The van der Waals surface area contributed by atoms with Crippen molar-refractivity contribution in [2.75, 3.05) is 19.3 Å². The molecule has 1 amide bonds. The molecule has 6 nitrogen and oxygen atoms in total. The number of thioether (sulfide) groups is 1. The van der Waals surface area contributed by atoms with Gasteiger partial charge in [0.25, 0.3) is 0 Å². The van der Waals surface area contributed by atoms with Gasteiger partial charge in [-0.05, 0) is 86.2 Å². The Balaban J connectivity index is 1.51. The van der Waals surface area contributed by atoms with E-state index in [0.29, 0.717) is 30.8 Å². The van der Waals surface area contributed by atoms with Crippen LogP contribution in [0.25, 0.3) is 0 Å². The molecule has 0 radical (unpaired) electrons. The number of hydrogen-bond acceptors (Lipinski definition) is 6. The van der Waals surface area contributed by atoms with E-state index in [2.05, 4.69) is 24.3 Å². The highest BCUT2D eigenvalue weighted by Gasteiger charge is 2.37. The number of benzene rings is 3. The molecule has 0 spiro atoms. The van der Waals surface area contributed by atoms with Crippen molar-refractivity contribution in [3.63, 3.8) is 0 Å². The van der Waals surface area contributed by atoms with E-state index in [4.69, 9.17) is 9.47 Å². The molecule has 1 aliphatic heterocycles. The van der Waals surface area contributed by atoms with Crippen LogP contribution in [-0.2, 0) is 12.8 Å². The zero-order valence-corrected chi connectivity index (χ0v) is 22.7. The Morgan fingerprint density at radius 1 is 1.00 bits per heavy atom. The fraction of sp³-hybridized carbons (Fsp3) is 0.367. The lowest BCUT2D eigenvalue weighted by Crippen LogP contribution is -2.41. The zero-order chi connectivity index (χ0) is 27.3. The molecule has 2 atom stereocenters. The van der Waals surface area contributed by atoms with Gasteiger partial charge in [-0.3, -0.25) is 0 Å². The summed E-state index contributed by atoms with van der Waals surface area (Å²) in [6.07, 6.45) is 1.13. The zero-order valence-electron chi connectivity index (χ0n) is 21.8. The van der Waals surface area contributed by atoms with Crippen LogP contribution in [0.4, 0.5) is 9.18 Å². The van der Waals surface area contributed by atoms with Crippen LogP contribution in [0.3, 0.4) is 0 Å². The molecular weight excluding hydrogens is 505 g/mol. The lowest BCUT2D eigenvalue weighted by molar-refractivity contribution is -0.154. The second-order valence-electron chi connectivity index (χ2n) is 10.2. The summed E-state index contributed by atoms with van der Waals surface area (Å²) in [6.45, 7) is 4.01. The molecule has 202 valence electrons. The van der Waals surface area contributed by atoms with Crippen molar-refractivity contribution in [1.82, 2.24) is 4.90 Å². The third-order valence-corrected chi connectivity index (χ3v) is 7.69. The van der Waals surface area contributed by atoms with Crippen molar-refractivity contribution >= 4 is 17.9 Å². The highest BCUT2D eigenvalue weighted by atomic mass is 32.2. The molecule has 4 rings (SSSR count). The van der Waals surface area contributed by atoms with E-state index < -0.39 is 23.8 Å². The van der Waals surface area contributed by atoms with Gasteiger partial charge in [-0.15, -0.1) is 11.8 Å². The van der Waals surface area contributed by atoms with Crippen LogP contribution in [-0.4, -0.2) is 52.4 Å². The number of amides is 1. The molecule has 1 heterocycles. The number of halogens is 1. The van der Waals surface area contributed by atoms with Crippen LogP contribution in [0, 0.1) is 17.7 Å². The van der Waals surface area contributed by atoms with Crippen LogP contribution in [0.5, 0.6) is 11.5 Å². The van der Waals surface area contributed by atoms with Crippen molar-refractivity contribution in [2.45, 2.75) is 43.5 Å². The first-order chi connectivity index (χ1) is 18.1. The summed E-state index contributed by atoms with van der Waals surface area (Å²) in [5.74, 6) is 0.420. The minimum absolute atomic E-state index is 0.0236. The maximum Gasteiger partial charge on any atom is 0.415 e. The molecule has 0 saturated carbocycles. The summed E-state index contributed by atoms with van der Waals surface area (Å²) in [7, 11) is 0. The van der Waals surface area contributed by atoms with Gasteiger partial charge in [0.1, 0.15) is 17.3 Å². The molecule has 1 aliphatic rings. The molecule has 3 aromatic carbocycles. The predicted octanol–water partition coefficient (Wildman–Crippen LogP) is 5.55. The van der Waals surface area contributed by atoms with Gasteiger partial charge in [-0.2, -0.15) is 0 Å². The fourth-order valence-electron chi connectivity index (χ4n) is 4.66. The van der Waals surface area contributed by atoms with Crippen molar-refractivity contribution in [1.29, 1.82) is 0 Å². The topological polar surface area (TPSA) is 79.2 Å². The average molecular weight is 540 g/mol. The standard InChI is InChI=1S/C30H34FNO5S/c1-30(2,28(33)34)37-25-12-11-21(27(31)17-25)16-23-19-32(29(35)36-24-7-5-4-6-8-24)18-22(23)15-20-9-13-26(38-3)14-10-20/h4-14,17,22-23,28,33-34H,15-16,18-19H2,1-3H3/t22-,23-/m0/s1. The number of hydrogen-bond donors (Lipinski definition) is 2. The van der Waals surface area contributed by atoms with E-state index in [-0.39, 0.29) is 17.6 Å². The third kappa shape index (κ3) is 7.07. The minimum Gasteiger partial charge on any atom is -0.482 e. The molecule has 38 heavy (non-hydrogen) atoms. The van der Waals surface area contributed by atoms with Crippen molar-refractivity contribution < 1.29 is 28.9 Å². The van der Waals surface area contributed by atoms with Gasteiger partial charge >= 0.3 is 6.09 Å². The van der Waals surface area contributed by atoms with Crippen molar-refractivity contribution in [2.24, 2.45) is 11.8 Å². The number of carbonyl (C=O) groups excluding carboxylic acids is 1. The summed E-state index contributed by atoms with van der Waals surface area (Å²) in [4.78, 5) is 15.9. The van der Waals surface area contributed by atoms with Crippen LogP contribution in [0.15, 0.2) is 77.7 Å². The Labute approximate surface area is 227 Å². The highest BCUT2D eigenvalue weighted by molar-refractivity contribution is 7.98. The Kier molecular flexibility index (Phi) is 8.97. The Hall–Kier alpha value is -3.07. The number of aliphatic hydroxyl groups is 2. The summed E-state index contributed by atoms with van der Waals surface area (Å²) >= 11 is 1.69. The van der Waals surface area contributed by atoms with Gasteiger partial charge in [-0.25, -0.2) is 9.18 Å². The summed E-state index contributed by atoms with van der Waals surface area (Å²) in [5.41, 5.74) is 0.409. The molecule has 0 aromatic heterocycles. The number of para-hydroxylation sites is 1. The van der Waals surface area contributed by atoms with E-state index in [1.165, 1.54) is 30.4 Å². The lowest BCUT2D eigenvalue weighted by Gasteiger charge is -2.28. The molecule has 8 heteroatoms. The van der Waals surface area contributed by atoms with Crippen LogP contribution >= 0.6 is 11.8 Å². The van der Waals surface area contributed by atoms with Gasteiger partial charge in [0.2, 0.25) is 0 Å². The van der Waals surface area contributed by atoms with E-state index >= 15 is 4.39 Å². The van der Waals surface area contributed by atoms with E-state index in [9.17, 15) is 15.0 Å². The third-order valence-electron chi connectivity index (χ3n) is 6.95. The number of carbonyl (C=O) groups is 1. The number of aliphatic hydroxyl groups excluding tert-OH is 1. The Morgan fingerprint density at radius 2 is 1.66 bits per heavy atom. The molecule has 0 bridgehead atoms. The quantitative estimate of drug-likeness (QED) is 0.274. The largest absolute Gasteiger partial charge is 0.482 e. The Bertz CT molecular complexity index is 1220. The summed E-state index contributed by atoms with van der Waals surface area (Å²) in [5, 5.41) is 19.0. The smallest absolute Gasteiger partial charge is 0.415 e. The van der Waals surface area contributed by atoms with E-state index in [0.717, 1.165) is 6.42 Å². The SMILES string of the molecule is CSc1ccc(C[C@H]2CN(C(=O)Oc3ccccc3)C[C@@H]2Cc2ccc(OC(C)(C)C(O)O)cc2F)cc1. The van der Waals surface area contributed by atoms with Gasteiger partial charge in [0.05, 0.1) is 0 Å². The molecule has 0 unspecified atom stereocenters. The molecule has 1 fully saturated rings. The van der Waals surface area contributed by atoms with Gasteiger partial charge in [0, 0.05) is 24.1 Å². The average Bonchev–Trinajstić information content (AvgIpc) is 3.28. The first kappa shape index (κ1) is 28.0. The van der Waals surface area contributed by atoms with Crippen molar-refractivity contribution in [3.05, 3.63) is 89.7 Å². The number of likely N-dealkylation sites (tertiary alicyclic amines) is 1. The number of ether oxygens (including phenoxy) is 2. The lowest BCUT2D eigenvalue weighted by atomic mass is 9.85. The van der Waals surface area contributed by atoms with Crippen LogP contribution < -0.4 is 9.47 Å². The fourth-order valence-corrected chi connectivity index (χ4v) is 5.07. The maximum atomic E-state index is 15.1. The predicted molar refractivity (Wildman–Crippen MR) is 146 cm³/mol. The second kappa shape index (κ2) is 12.2. The van der Waals surface area contributed by atoms with Gasteiger partial charge in [-0.1, -0.05) is 36.4 Å². The maximum absolute atomic E-state index is 15.1. The normalized spacial score (nSPS) is 17.6. The molecular formula is C30H34FNO5S. The Morgan fingerprint density at radius 3 is 2.26 bits per heavy atom. The first-order valence-corrected chi connectivity index (χ1v) is 13.9. The number of rotatable bonds is 9. The monoisotopic (exact) mass is 539 g/mol. The second-order valence-corrected chi connectivity index (χ2v) is 11.1. The van der Waals surface area contributed by atoms with Crippen LogP contribution in [0.1, 0.15) is 25.0 Å². The summed E-state index contributed by atoms with van der Waals surface area (Å²) in [6, 6.07) is 21.9. The van der Waals surface area contributed by atoms with E-state index in [1.54, 1.807) is 40.9 Å². The van der Waals surface area contributed by atoms with E-state index in [1.807, 2.05) is 24.5 Å². The minimum atomic E-state index is -1.71. The highest BCUT2D eigenvalue weighted by Crippen LogP contribution is 2.33. The van der Waals surface area contributed by atoms with Gasteiger partial charge in [0.15, 0.2) is 11.9 Å². The van der Waals surface area contributed by atoms with Crippen molar-refractivity contribution in [3.8, 4) is 11.5 Å². The van der Waals surface area contributed by atoms with Crippen LogP contribution in [0.2, 0.25) is 0 Å². The summed E-state index contributed by atoms with van der Waals surface area (Å²) < 4.78 is 26.3. The molecule has 2 N–H and O–H groups in total.